The average molecular weight is 474 g/mol. The number of hydrogen-bond donors (Lipinski definition) is 3. The van der Waals surface area contributed by atoms with Crippen molar-refractivity contribution >= 4 is 23.7 Å². The van der Waals surface area contributed by atoms with Gasteiger partial charge in [-0.1, -0.05) is 33.1 Å². The minimum absolute atomic E-state index is 0.00339. The highest BCUT2D eigenvalue weighted by Gasteiger charge is 2.22. The maximum atomic E-state index is 12.8. The maximum absolute atomic E-state index is 12.8. The summed E-state index contributed by atoms with van der Waals surface area (Å²) in [4.78, 5) is 38.7. The smallest absolute Gasteiger partial charge is 0.267 e. The number of nitrogens with one attached hydrogen (secondary N) is 3. The molecule has 2 aliphatic rings. The number of hydrogen-bond acceptors (Lipinski definition) is 7. The Morgan fingerprint density at radius 1 is 1.12 bits per heavy atom. The van der Waals surface area contributed by atoms with Crippen molar-refractivity contribution in [2.45, 2.75) is 84.0 Å². The van der Waals surface area contributed by atoms with E-state index in [-0.39, 0.29) is 11.9 Å². The highest BCUT2D eigenvalue weighted by Crippen LogP contribution is 2.23. The van der Waals surface area contributed by atoms with Crippen LogP contribution in [0.4, 0.5) is 5.82 Å². The fraction of sp³-hybridized carbons (Fsp3) is 0.680. The minimum Gasteiger partial charge on any atom is -0.357 e. The molecule has 1 unspecified atom stereocenters. The Bertz CT molecular complexity index is 787. The standard InChI is InChI=1S/C25H39N5O4/c1-18(2)14-21(25(32)28-15-19-8-4-3-5-9-19)29-22-17-26-20(16-27-22)11-12-23(31)30-34-24-10-6-7-13-33-24/h11-12,16-19,21,24H,3-10,13-15H2,1-2H3,(H,27,29)(H,28,32)(H,30,31)/b12-11+/t21-,24?/m1/s1. The monoisotopic (exact) mass is 473 g/mol. The first-order valence-electron chi connectivity index (χ1n) is 12.6. The third kappa shape index (κ3) is 9.38. The highest BCUT2D eigenvalue weighted by atomic mass is 16.8. The van der Waals surface area contributed by atoms with Gasteiger partial charge < -0.3 is 15.4 Å². The van der Waals surface area contributed by atoms with Crippen LogP contribution in [0.1, 0.15) is 77.3 Å². The SMILES string of the molecule is CC(C)C[C@@H](Nc1cnc(/C=C/C(=O)NOC2CCCCO2)cn1)C(=O)NCC1CCCCC1. The molecule has 2 heterocycles. The molecule has 3 rings (SSSR count). The van der Waals surface area contributed by atoms with Crippen molar-refractivity contribution in [3.8, 4) is 0 Å². The summed E-state index contributed by atoms with van der Waals surface area (Å²) in [6, 6.07) is -0.371. The molecule has 1 aromatic heterocycles. The molecular formula is C25H39N5O4. The average Bonchev–Trinajstić information content (AvgIpc) is 2.86. The molecule has 2 atom stereocenters. The van der Waals surface area contributed by atoms with E-state index in [4.69, 9.17) is 9.57 Å². The van der Waals surface area contributed by atoms with Gasteiger partial charge in [-0.15, -0.1) is 0 Å². The summed E-state index contributed by atoms with van der Waals surface area (Å²) in [6.45, 7) is 5.57. The molecule has 9 heteroatoms. The zero-order valence-corrected chi connectivity index (χ0v) is 20.4. The minimum atomic E-state index is -0.398. The van der Waals surface area contributed by atoms with Crippen molar-refractivity contribution in [1.29, 1.82) is 0 Å². The second kappa shape index (κ2) is 14.0. The van der Waals surface area contributed by atoms with Gasteiger partial charge in [-0.3, -0.25) is 14.6 Å². The molecule has 0 aromatic carbocycles. The zero-order valence-electron chi connectivity index (χ0n) is 20.4. The number of ether oxygens (including phenoxy) is 1. The van der Waals surface area contributed by atoms with Gasteiger partial charge in [-0.25, -0.2) is 15.3 Å². The third-order valence-corrected chi connectivity index (χ3v) is 6.14. The Labute approximate surface area is 202 Å². The second-order valence-corrected chi connectivity index (χ2v) is 9.62. The van der Waals surface area contributed by atoms with Crippen LogP contribution < -0.4 is 16.1 Å². The molecule has 0 radical (unpaired) electrons. The lowest BCUT2D eigenvalue weighted by Gasteiger charge is -2.24. The van der Waals surface area contributed by atoms with Gasteiger partial charge in [0.25, 0.3) is 5.91 Å². The summed E-state index contributed by atoms with van der Waals surface area (Å²) in [5.41, 5.74) is 2.90. The van der Waals surface area contributed by atoms with E-state index >= 15 is 0 Å². The fourth-order valence-electron chi connectivity index (χ4n) is 4.26. The molecule has 3 N–H and O–H groups in total. The van der Waals surface area contributed by atoms with Crippen molar-refractivity contribution in [3.63, 3.8) is 0 Å². The molecule has 2 fully saturated rings. The van der Waals surface area contributed by atoms with Crippen molar-refractivity contribution in [2.24, 2.45) is 11.8 Å². The summed E-state index contributed by atoms with van der Waals surface area (Å²) in [5, 5.41) is 6.36. The molecule has 34 heavy (non-hydrogen) atoms. The van der Waals surface area contributed by atoms with Gasteiger partial charge in [0.05, 0.1) is 18.1 Å². The number of nitrogens with zero attached hydrogens (tertiary/aromatic N) is 2. The number of hydroxylamine groups is 1. The lowest BCUT2D eigenvalue weighted by Crippen LogP contribution is -2.42. The Balaban J connectivity index is 1.47. The summed E-state index contributed by atoms with van der Waals surface area (Å²) in [7, 11) is 0. The van der Waals surface area contributed by atoms with Gasteiger partial charge >= 0.3 is 0 Å². The van der Waals surface area contributed by atoms with E-state index in [1.807, 2.05) is 0 Å². The zero-order chi connectivity index (χ0) is 24.2. The number of anilines is 1. The summed E-state index contributed by atoms with van der Waals surface area (Å²) in [6.07, 6.45) is 15.3. The van der Waals surface area contributed by atoms with Gasteiger partial charge in [0.2, 0.25) is 5.91 Å². The van der Waals surface area contributed by atoms with E-state index in [0.717, 1.165) is 25.8 Å². The van der Waals surface area contributed by atoms with E-state index < -0.39 is 12.2 Å². The maximum Gasteiger partial charge on any atom is 0.267 e. The third-order valence-electron chi connectivity index (χ3n) is 6.14. The van der Waals surface area contributed by atoms with Gasteiger partial charge in [0.1, 0.15) is 11.9 Å². The van der Waals surface area contributed by atoms with E-state index in [2.05, 4.69) is 39.9 Å². The van der Waals surface area contributed by atoms with Crippen LogP contribution in [-0.2, 0) is 19.2 Å². The first-order valence-corrected chi connectivity index (χ1v) is 12.6. The lowest BCUT2D eigenvalue weighted by atomic mass is 9.89. The summed E-state index contributed by atoms with van der Waals surface area (Å²) >= 11 is 0. The molecule has 1 saturated carbocycles. The van der Waals surface area contributed by atoms with E-state index in [0.29, 0.717) is 36.4 Å². The summed E-state index contributed by atoms with van der Waals surface area (Å²) in [5.74, 6) is 1.07. The van der Waals surface area contributed by atoms with E-state index in [9.17, 15) is 9.59 Å². The molecule has 0 bridgehead atoms. The van der Waals surface area contributed by atoms with Crippen LogP contribution in [0.2, 0.25) is 0 Å². The van der Waals surface area contributed by atoms with Gasteiger partial charge in [0, 0.05) is 25.6 Å². The number of amides is 2. The molecule has 1 aliphatic heterocycles. The molecule has 2 amide bonds. The lowest BCUT2D eigenvalue weighted by molar-refractivity contribution is -0.198. The van der Waals surface area contributed by atoms with Gasteiger partial charge in [0.15, 0.2) is 6.29 Å². The van der Waals surface area contributed by atoms with Crippen LogP contribution in [0.15, 0.2) is 18.5 Å². The molecule has 1 aromatic rings. The normalized spacial score (nSPS) is 20.3. The van der Waals surface area contributed by atoms with Gasteiger partial charge in [-0.2, -0.15) is 0 Å². The van der Waals surface area contributed by atoms with Crippen LogP contribution >= 0.6 is 0 Å². The number of rotatable bonds is 11. The van der Waals surface area contributed by atoms with E-state index in [1.54, 1.807) is 18.5 Å². The Kier molecular flexibility index (Phi) is 10.8. The predicted molar refractivity (Wildman–Crippen MR) is 130 cm³/mol. The Hall–Kier alpha value is -2.52. The molecular weight excluding hydrogens is 434 g/mol. The number of aromatic nitrogens is 2. The molecule has 1 aliphatic carbocycles. The molecule has 9 nitrogen and oxygen atoms in total. The number of carbonyl (C=O) groups is 2. The van der Waals surface area contributed by atoms with E-state index in [1.165, 1.54) is 38.2 Å². The highest BCUT2D eigenvalue weighted by molar-refractivity contribution is 5.90. The fourth-order valence-corrected chi connectivity index (χ4v) is 4.26. The van der Waals surface area contributed by atoms with Crippen molar-refractivity contribution in [1.82, 2.24) is 20.8 Å². The quantitative estimate of drug-likeness (QED) is 0.332. The largest absolute Gasteiger partial charge is 0.357 e. The summed E-state index contributed by atoms with van der Waals surface area (Å²) < 4.78 is 5.40. The topological polar surface area (TPSA) is 114 Å². The second-order valence-electron chi connectivity index (χ2n) is 9.62. The van der Waals surface area contributed by atoms with Crippen LogP contribution in [0.5, 0.6) is 0 Å². The van der Waals surface area contributed by atoms with Gasteiger partial charge in [-0.05, 0) is 50.0 Å². The van der Waals surface area contributed by atoms with Crippen LogP contribution in [0, 0.1) is 11.8 Å². The molecule has 0 spiro atoms. The number of carbonyl (C=O) groups excluding carboxylic acids is 2. The van der Waals surface area contributed by atoms with Crippen LogP contribution in [0.25, 0.3) is 6.08 Å². The first-order chi connectivity index (χ1) is 16.5. The Morgan fingerprint density at radius 3 is 2.59 bits per heavy atom. The first kappa shape index (κ1) is 26.1. The van der Waals surface area contributed by atoms with Crippen molar-refractivity contribution in [3.05, 3.63) is 24.2 Å². The van der Waals surface area contributed by atoms with Crippen molar-refractivity contribution < 1.29 is 19.2 Å². The van der Waals surface area contributed by atoms with Crippen LogP contribution in [-0.4, -0.2) is 47.3 Å². The molecule has 1 saturated heterocycles. The molecule has 188 valence electrons. The van der Waals surface area contributed by atoms with Crippen molar-refractivity contribution in [2.75, 3.05) is 18.5 Å². The van der Waals surface area contributed by atoms with Crippen LogP contribution in [0.3, 0.4) is 0 Å². The Morgan fingerprint density at radius 2 is 1.91 bits per heavy atom. The predicted octanol–water partition coefficient (Wildman–Crippen LogP) is 3.59.